The average Bonchev–Trinajstić information content (AvgIpc) is 3.04. The van der Waals surface area contributed by atoms with Crippen LogP contribution in [0.1, 0.15) is 0 Å². The molecule has 0 fully saturated rings. The molecule has 9 aromatic carbocycles. The Labute approximate surface area is 232 Å². The molecule has 9 rings (SSSR count). The van der Waals surface area contributed by atoms with Crippen LogP contribution < -0.4 is 0 Å². The number of benzene rings is 9. The first-order chi connectivity index (χ1) is 19.8. The van der Waals surface area contributed by atoms with Crippen molar-refractivity contribution >= 4 is 64.6 Å². The molecule has 0 N–H and O–H groups in total. The second-order valence-electron chi connectivity index (χ2n) is 10.9. The number of hydrogen-bond donors (Lipinski definition) is 0. The van der Waals surface area contributed by atoms with Crippen LogP contribution in [0.25, 0.3) is 86.9 Å². The molecule has 0 atom stereocenters. The third kappa shape index (κ3) is 2.96. The minimum atomic E-state index is 1.26. The summed E-state index contributed by atoms with van der Waals surface area (Å²) in [4.78, 5) is 0. The Bertz CT molecular complexity index is 2380. The largest absolute Gasteiger partial charge is 0.0622 e. The Hall–Kier alpha value is -5.20. The summed E-state index contributed by atoms with van der Waals surface area (Å²) in [5.74, 6) is 0. The van der Waals surface area contributed by atoms with Crippen molar-refractivity contribution in [1.29, 1.82) is 0 Å². The Morgan fingerprint density at radius 1 is 0.250 bits per heavy atom. The van der Waals surface area contributed by atoms with Crippen LogP contribution in [-0.4, -0.2) is 0 Å². The van der Waals surface area contributed by atoms with Crippen LogP contribution in [0.3, 0.4) is 0 Å². The van der Waals surface area contributed by atoms with Gasteiger partial charge in [-0.05, 0) is 93.0 Å². The van der Waals surface area contributed by atoms with Gasteiger partial charge in [-0.3, -0.25) is 0 Å². The van der Waals surface area contributed by atoms with Gasteiger partial charge in [0.25, 0.3) is 0 Å². The maximum absolute atomic E-state index is 2.41. The van der Waals surface area contributed by atoms with Crippen molar-refractivity contribution in [3.63, 3.8) is 0 Å². The lowest BCUT2D eigenvalue weighted by Gasteiger charge is -2.17. The molecule has 0 heterocycles. The molecule has 0 aliphatic carbocycles. The number of hydrogen-bond acceptors (Lipinski definition) is 0. The molecule has 0 aliphatic rings. The molecule has 0 amide bonds. The summed E-state index contributed by atoms with van der Waals surface area (Å²) in [6.07, 6.45) is 0. The Morgan fingerprint density at radius 3 is 1.25 bits per heavy atom. The molecule has 0 spiro atoms. The van der Waals surface area contributed by atoms with Crippen molar-refractivity contribution in [2.75, 3.05) is 0 Å². The van der Waals surface area contributed by atoms with E-state index >= 15 is 0 Å². The van der Waals surface area contributed by atoms with Gasteiger partial charge in [-0.1, -0.05) is 140 Å². The van der Waals surface area contributed by atoms with Crippen LogP contribution >= 0.6 is 0 Å². The summed E-state index contributed by atoms with van der Waals surface area (Å²) in [5.41, 5.74) is 5.09. The molecule has 0 radical (unpaired) electrons. The zero-order chi connectivity index (χ0) is 26.2. The second kappa shape index (κ2) is 8.15. The van der Waals surface area contributed by atoms with Gasteiger partial charge in [0, 0.05) is 0 Å². The van der Waals surface area contributed by atoms with Gasteiger partial charge in [0.2, 0.25) is 0 Å². The normalized spacial score (nSPS) is 12.0. The van der Waals surface area contributed by atoms with Gasteiger partial charge in [0.15, 0.2) is 0 Å². The van der Waals surface area contributed by atoms with Crippen molar-refractivity contribution in [1.82, 2.24) is 0 Å². The lowest BCUT2D eigenvalue weighted by Crippen LogP contribution is -1.90. The van der Waals surface area contributed by atoms with E-state index < -0.39 is 0 Å². The molecule has 0 aromatic heterocycles. The van der Waals surface area contributed by atoms with E-state index in [0.717, 1.165) is 0 Å². The van der Waals surface area contributed by atoms with Gasteiger partial charge >= 0.3 is 0 Å². The smallest absolute Gasteiger partial charge is 0.00203 e. The molecule has 0 unspecified atom stereocenters. The van der Waals surface area contributed by atoms with Gasteiger partial charge in [-0.15, -0.1) is 0 Å². The SMILES string of the molecule is c1ccc(-c2ccc3ccc4c(-c5ccc6c7ccccc7c7ccccc7c6c5)ccc5ccc2c3c54)cc1. The summed E-state index contributed by atoms with van der Waals surface area (Å²) < 4.78 is 0. The van der Waals surface area contributed by atoms with E-state index in [9.17, 15) is 0 Å². The zero-order valence-electron chi connectivity index (χ0n) is 21.9. The standard InChI is InChI=1S/C40H24/c1-2-8-25(9-3-1)29-19-14-26-17-23-37-30(20-15-27-16-22-36(29)39(26)40(27)37)28-18-21-35-33-12-5-4-10-31(33)32-11-6-7-13-34(32)38(35)24-28/h1-24H. The van der Waals surface area contributed by atoms with Crippen LogP contribution in [0.5, 0.6) is 0 Å². The highest BCUT2D eigenvalue weighted by atomic mass is 14.2. The topological polar surface area (TPSA) is 0 Å². The van der Waals surface area contributed by atoms with Crippen LogP contribution in [0.4, 0.5) is 0 Å². The van der Waals surface area contributed by atoms with E-state index in [2.05, 4.69) is 146 Å². The van der Waals surface area contributed by atoms with E-state index in [4.69, 9.17) is 0 Å². The molecule has 184 valence electrons. The first-order valence-corrected chi connectivity index (χ1v) is 13.9. The monoisotopic (exact) mass is 504 g/mol. The second-order valence-corrected chi connectivity index (χ2v) is 10.9. The van der Waals surface area contributed by atoms with Gasteiger partial charge in [0.1, 0.15) is 0 Å². The maximum Gasteiger partial charge on any atom is -0.00203 e. The fourth-order valence-electron chi connectivity index (χ4n) is 7.00. The van der Waals surface area contributed by atoms with Crippen molar-refractivity contribution in [3.8, 4) is 22.3 Å². The predicted molar refractivity (Wildman–Crippen MR) is 174 cm³/mol. The summed E-state index contributed by atoms with van der Waals surface area (Å²) in [6.45, 7) is 0. The predicted octanol–water partition coefficient (Wildman–Crippen LogP) is 11.4. The fraction of sp³-hybridized carbons (Fsp3) is 0. The third-order valence-corrected chi connectivity index (χ3v) is 8.80. The van der Waals surface area contributed by atoms with Crippen molar-refractivity contribution in [2.24, 2.45) is 0 Å². The van der Waals surface area contributed by atoms with E-state index in [1.807, 2.05) is 0 Å². The summed E-state index contributed by atoms with van der Waals surface area (Å²) in [7, 11) is 0. The highest BCUT2D eigenvalue weighted by Gasteiger charge is 2.16. The number of fused-ring (bicyclic) bond motifs is 6. The first-order valence-electron chi connectivity index (χ1n) is 13.9. The lowest BCUT2D eigenvalue weighted by molar-refractivity contribution is 1.66. The lowest BCUT2D eigenvalue weighted by atomic mass is 9.86. The Morgan fingerprint density at radius 2 is 0.675 bits per heavy atom. The quantitative estimate of drug-likeness (QED) is 0.205. The van der Waals surface area contributed by atoms with E-state index in [1.54, 1.807) is 0 Å². The molecule has 0 aliphatic heterocycles. The molecule has 9 aromatic rings. The minimum Gasteiger partial charge on any atom is -0.0622 e. The highest BCUT2D eigenvalue weighted by Crippen LogP contribution is 2.43. The maximum atomic E-state index is 2.41. The molecule has 0 saturated heterocycles. The summed E-state index contributed by atoms with van der Waals surface area (Å²) in [5, 5.41) is 15.8. The first kappa shape index (κ1) is 21.7. The number of rotatable bonds is 2. The zero-order valence-corrected chi connectivity index (χ0v) is 21.9. The van der Waals surface area contributed by atoms with Gasteiger partial charge in [-0.2, -0.15) is 0 Å². The summed E-state index contributed by atoms with van der Waals surface area (Å²) >= 11 is 0. The van der Waals surface area contributed by atoms with E-state index in [1.165, 1.54) is 86.9 Å². The molecular weight excluding hydrogens is 480 g/mol. The van der Waals surface area contributed by atoms with Crippen molar-refractivity contribution in [3.05, 3.63) is 146 Å². The average molecular weight is 505 g/mol. The minimum absolute atomic E-state index is 1.26. The molecule has 0 nitrogen and oxygen atoms in total. The van der Waals surface area contributed by atoms with E-state index in [-0.39, 0.29) is 0 Å². The molecule has 0 saturated carbocycles. The van der Waals surface area contributed by atoms with Crippen LogP contribution in [0, 0.1) is 0 Å². The highest BCUT2D eigenvalue weighted by molar-refractivity contribution is 6.29. The van der Waals surface area contributed by atoms with Crippen molar-refractivity contribution < 1.29 is 0 Å². The van der Waals surface area contributed by atoms with Crippen LogP contribution in [-0.2, 0) is 0 Å². The third-order valence-electron chi connectivity index (χ3n) is 8.80. The van der Waals surface area contributed by atoms with Gasteiger partial charge in [0.05, 0.1) is 0 Å². The molecular formula is C40H24. The fourth-order valence-corrected chi connectivity index (χ4v) is 7.00. The molecule has 40 heavy (non-hydrogen) atoms. The van der Waals surface area contributed by atoms with Crippen LogP contribution in [0.2, 0.25) is 0 Å². The van der Waals surface area contributed by atoms with Crippen molar-refractivity contribution in [2.45, 2.75) is 0 Å². The molecule has 0 bridgehead atoms. The van der Waals surface area contributed by atoms with Gasteiger partial charge < -0.3 is 0 Å². The van der Waals surface area contributed by atoms with Crippen LogP contribution in [0.15, 0.2) is 146 Å². The summed E-state index contributed by atoms with van der Waals surface area (Å²) in [6, 6.07) is 53.8. The molecule has 0 heteroatoms. The van der Waals surface area contributed by atoms with E-state index in [0.29, 0.717) is 0 Å². The van der Waals surface area contributed by atoms with Gasteiger partial charge in [-0.25, -0.2) is 0 Å². The Balaban J connectivity index is 1.36. The Kier molecular flexibility index (Phi) is 4.42.